The molecule has 0 spiro atoms. The van der Waals surface area contributed by atoms with Crippen LogP contribution in [0.4, 0.5) is 27.6 Å². The first-order valence-corrected chi connectivity index (χ1v) is 13.0. The van der Waals surface area contributed by atoms with Gasteiger partial charge in [-0.05, 0) is 62.0 Å². The van der Waals surface area contributed by atoms with E-state index in [-0.39, 0.29) is 15.5 Å². The van der Waals surface area contributed by atoms with Gasteiger partial charge >= 0.3 is 6.18 Å². The molecule has 4 rings (SSSR count). The second-order valence-corrected chi connectivity index (χ2v) is 11.2. The molecular formula is C24H21F5N2O3S2. The van der Waals surface area contributed by atoms with Crippen molar-refractivity contribution in [2.45, 2.75) is 39.8 Å². The van der Waals surface area contributed by atoms with Crippen LogP contribution in [0.3, 0.4) is 0 Å². The van der Waals surface area contributed by atoms with Crippen molar-refractivity contribution in [3.05, 3.63) is 77.9 Å². The predicted molar refractivity (Wildman–Crippen MR) is 126 cm³/mol. The number of alkyl halides is 3. The largest absolute Gasteiger partial charge is 0.485 e. The number of halogens is 5. The fourth-order valence-corrected chi connectivity index (χ4v) is 5.51. The van der Waals surface area contributed by atoms with E-state index in [2.05, 4.69) is 10.0 Å². The summed E-state index contributed by atoms with van der Waals surface area (Å²) in [6.45, 7) is 2.63. The molecule has 5 nitrogen and oxygen atoms in total. The third-order valence-electron chi connectivity index (χ3n) is 5.48. The zero-order valence-corrected chi connectivity index (χ0v) is 20.5. The summed E-state index contributed by atoms with van der Waals surface area (Å²) in [7, 11) is -4.16. The van der Waals surface area contributed by atoms with Gasteiger partial charge in [-0.25, -0.2) is 17.2 Å². The molecule has 0 bridgehead atoms. The quantitative estimate of drug-likeness (QED) is 0.354. The smallest absolute Gasteiger partial charge is 0.419 e. The summed E-state index contributed by atoms with van der Waals surface area (Å²) in [6.07, 6.45) is -4.20. The summed E-state index contributed by atoms with van der Waals surface area (Å²) in [6, 6.07) is 11.4. The van der Waals surface area contributed by atoms with Gasteiger partial charge in [0.2, 0.25) is 0 Å². The monoisotopic (exact) mass is 544 g/mol. The van der Waals surface area contributed by atoms with E-state index in [4.69, 9.17) is 4.74 Å². The average Bonchev–Trinajstić information content (AvgIpc) is 3.21. The first-order chi connectivity index (χ1) is 16.8. The van der Waals surface area contributed by atoms with Gasteiger partial charge in [0.1, 0.15) is 23.0 Å². The van der Waals surface area contributed by atoms with E-state index in [1.165, 1.54) is 30.3 Å². The number of hydrogen-bond donors (Lipinski definition) is 2. The summed E-state index contributed by atoms with van der Waals surface area (Å²) < 4.78 is 101. The topological polar surface area (TPSA) is 67.4 Å². The van der Waals surface area contributed by atoms with Crippen LogP contribution >= 0.6 is 11.8 Å². The minimum Gasteiger partial charge on any atom is -0.485 e. The first-order valence-electron chi connectivity index (χ1n) is 10.7. The van der Waals surface area contributed by atoms with Gasteiger partial charge in [-0.3, -0.25) is 4.72 Å². The van der Waals surface area contributed by atoms with Crippen molar-refractivity contribution >= 4 is 27.5 Å². The molecular weight excluding hydrogens is 523 g/mol. The lowest BCUT2D eigenvalue weighted by Crippen LogP contribution is -2.35. The van der Waals surface area contributed by atoms with Gasteiger partial charge < -0.3 is 10.1 Å². The average molecular weight is 545 g/mol. The third-order valence-corrected chi connectivity index (χ3v) is 7.94. The molecule has 1 fully saturated rings. The zero-order chi connectivity index (χ0) is 26.1. The van der Waals surface area contributed by atoms with Crippen molar-refractivity contribution in [1.29, 1.82) is 0 Å². The van der Waals surface area contributed by atoms with Crippen LogP contribution in [0.1, 0.15) is 18.9 Å². The molecule has 1 heterocycles. The molecule has 2 N–H and O–H groups in total. The maximum atomic E-state index is 13.9. The molecule has 0 radical (unpaired) electrons. The van der Waals surface area contributed by atoms with Crippen LogP contribution in [0.5, 0.6) is 5.75 Å². The van der Waals surface area contributed by atoms with Crippen LogP contribution < -0.4 is 14.8 Å². The highest BCUT2D eigenvalue weighted by atomic mass is 32.2. The second kappa shape index (κ2) is 9.91. The summed E-state index contributed by atoms with van der Waals surface area (Å²) in [4.78, 5) is 0.511. The Morgan fingerprint density at radius 2 is 1.75 bits per heavy atom. The fraction of sp³-hybridized carbons (Fsp3) is 0.250. The van der Waals surface area contributed by atoms with Crippen molar-refractivity contribution in [2.24, 2.45) is 0 Å². The summed E-state index contributed by atoms with van der Waals surface area (Å²) in [5.41, 5.74) is -1.97. The van der Waals surface area contributed by atoms with Gasteiger partial charge in [0.15, 0.2) is 0 Å². The zero-order valence-electron chi connectivity index (χ0n) is 18.8. The number of rotatable bonds is 7. The molecule has 36 heavy (non-hydrogen) atoms. The number of benzene rings is 3. The molecule has 1 aliphatic rings. The SMILES string of the molecule is C[C@@]1(Oc2cc(NS(=O)(=O)c3ccc(Sc4ccc(F)cc4F)cc3)ccc2C(F)(F)F)CCNC1. The Morgan fingerprint density at radius 1 is 1.03 bits per heavy atom. The molecule has 3 aromatic rings. The van der Waals surface area contributed by atoms with E-state index in [9.17, 15) is 30.4 Å². The van der Waals surface area contributed by atoms with Gasteiger partial charge in [-0.15, -0.1) is 0 Å². The number of anilines is 1. The van der Waals surface area contributed by atoms with Crippen molar-refractivity contribution < 1.29 is 35.1 Å². The van der Waals surface area contributed by atoms with Crippen molar-refractivity contribution in [2.75, 3.05) is 17.8 Å². The highest BCUT2D eigenvalue weighted by molar-refractivity contribution is 7.99. The molecule has 0 aliphatic carbocycles. The summed E-state index contributed by atoms with van der Waals surface area (Å²) in [5, 5.41) is 3.03. The molecule has 1 aliphatic heterocycles. The Bertz CT molecular complexity index is 1360. The van der Waals surface area contributed by atoms with Crippen LogP contribution in [-0.2, 0) is 16.2 Å². The number of ether oxygens (including phenoxy) is 1. The van der Waals surface area contributed by atoms with Crippen LogP contribution in [0.25, 0.3) is 0 Å². The maximum absolute atomic E-state index is 13.9. The fourth-order valence-electron chi connectivity index (χ4n) is 3.64. The molecule has 3 aromatic carbocycles. The molecule has 0 saturated carbocycles. The predicted octanol–water partition coefficient (Wildman–Crippen LogP) is 6.07. The Labute approximate surface area is 209 Å². The van der Waals surface area contributed by atoms with Crippen molar-refractivity contribution in [3.63, 3.8) is 0 Å². The van der Waals surface area contributed by atoms with E-state index in [0.717, 1.165) is 42.1 Å². The maximum Gasteiger partial charge on any atom is 0.419 e. The molecule has 192 valence electrons. The van der Waals surface area contributed by atoms with E-state index in [1.54, 1.807) is 6.92 Å². The van der Waals surface area contributed by atoms with E-state index in [0.29, 0.717) is 24.4 Å². The van der Waals surface area contributed by atoms with Crippen LogP contribution in [0, 0.1) is 11.6 Å². The minimum atomic E-state index is -4.69. The Balaban J connectivity index is 1.55. The van der Waals surface area contributed by atoms with Gasteiger partial charge in [0.25, 0.3) is 10.0 Å². The van der Waals surface area contributed by atoms with Gasteiger partial charge in [0, 0.05) is 34.9 Å². The lowest BCUT2D eigenvalue weighted by molar-refractivity contribution is -0.139. The van der Waals surface area contributed by atoms with Crippen LogP contribution in [-0.4, -0.2) is 27.1 Å². The molecule has 12 heteroatoms. The summed E-state index contributed by atoms with van der Waals surface area (Å²) in [5.74, 6) is -1.93. The molecule has 0 amide bonds. The van der Waals surface area contributed by atoms with Crippen molar-refractivity contribution in [3.8, 4) is 5.75 Å². The summed E-state index contributed by atoms with van der Waals surface area (Å²) >= 11 is 0.982. The molecule has 0 unspecified atom stereocenters. The highest BCUT2D eigenvalue weighted by Gasteiger charge is 2.38. The molecule has 0 aromatic heterocycles. The van der Waals surface area contributed by atoms with Crippen molar-refractivity contribution in [1.82, 2.24) is 5.32 Å². The second-order valence-electron chi connectivity index (χ2n) is 8.44. The number of sulfonamides is 1. The normalized spacial score (nSPS) is 18.3. The standard InChI is InChI=1S/C24H21F5N2O3S2/c1-23(10-11-30-14-23)34-21-13-16(3-8-19(21)24(27,28)29)31-36(32,33)18-6-4-17(5-7-18)35-22-9-2-15(25)12-20(22)26/h2-9,12-13,30-31H,10-11,14H2,1H3/t23-/m1/s1. The Kier molecular flexibility index (Phi) is 7.22. The Hall–Kier alpha value is -2.83. The van der Waals surface area contributed by atoms with Gasteiger partial charge in [0.05, 0.1) is 16.1 Å². The lowest BCUT2D eigenvalue weighted by atomic mass is 10.1. The third kappa shape index (κ3) is 6.11. The van der Waals surface area contributed by atoms with Gasteiger partial charge in [-0.1, -0.05) is 11.8 Å². The lowest BCUT2D eigenvalue weighted by Gasteiger charge is -2.27. The molecule has 1 saturated heterocycles. The van der Waals surface area contributed by atoms with E-state index < -0.39 is 44.7 Å². The van der Waals surface area contributed by atoms with Gasteiger partial charge in [-0.2, -0.15) is 13.2 Å². The number of nitrogens with one attached hydrogen (secondary N) is 2. The molecule has 1 atom stereocenters. The van der Waals surface area contributed by atoms with Crippen LogP contribution in [0.15, 0.2) is 75.4 Å². The minimum absolute atomic E-state index is 0.0978. The van der Waals surface area contributed by atoms with E-state index in [1.807, 2.05) is 0 Å². The highest BCUT2D eigenvalue weighted by Crippen LogP contribution is 2.40. The first kappa shape index (κ1) is 26.2. The number of hydrogen-bond acceptors (Lipinski definition) is 5. The van der Waals surface area contributed by atoms with Crippen LogP contribution in [0.2, 0.25) is 0 Å². The Morgan fingerprint density at radius 3 is 2.36 bits per heavy atom. The van der Waals surface area contributed by atoms with E-state index >= 15 is 0 Å².